The fourth-order valence-corrected chi connectivity index (χ4v) is 3.73. The van der Waals surface area contributed by atoms with E-state index >= 15 is 0 Å². The highest BCUT2D eigenvalue weighted by Crippen LogP contribution is 2.33. The van der Waals surface area contributed by atoms with Crippen molar-refractivity contribution in [3.63, 3.8) is 0 Å². The third kappa shape index (κ3) is 4.04. The molecule has 5 nitrogen and oxygen atoms in total. The number of para-hydroxylation sites is 1. The number of benzene rings is 3. The molecule has 0 unspecified atom stereocenters. The zero-order valence-corrected chi connectivity index (χ0v) is 16.9. The van der Waals surface area contributed by atoms with Crippen molar-refractivity contribution in [3.05, 3.63) is 100 Å². The van der Waals surface area contributed by atoms with Crippen molar-refractivity contribution >= 4 is 33.5 Å². The third-order valence-corrected chi connectivity index (χ3v) is 5.79. The molecule has 0 amide bonds. The Balaban J connectivity index is 1.73. The number of aryl methyl sites for hydroxylation is 1. The van der Waals surface area contributed by atoms with Crippen LogP contribution in [0.4, 0.5) is 0 Å². The van der Waals surface area contributed by atoms with Gasteiger partial charge < -0.3 is 4.74 Å². The van der Waals surface area contributed by atoms with Crippen molar-refractivity contribution in [1.29, 1.82) is 0 Å². The van der Waals surface area contributed by atoms with E-state index in [0.717, 1.165) is 5.56 Å². The van der Waals surface area contributed by atoms with E-state index in [-0.39, 0.29) is 10.6 Å². The van der Waals surface area contributed by atoms with Crippen LogP contribution in [0.1, 0.15) is 16.7 Å². The average Bonchev–Trinajstić information content (AvgIpc) is 3.06. The van der Waals surface area contributed by atoms with E-state index in [0.29, 0.717) is 27.7 Å². The summed E-state index contributed by atoms with van der Waals surface area (Å²) in [4.78, 5) is 0.0243. The SMILES string of the molecule is Cc1ccc(S(=O)(=O)O/N=C2/C(=C\c3ccccc3Cl)Oc3ccccc32)cc1. The molecule has 0 spiro atoms. The third-order valence-electron chi connectivity index (χ3n) is 4.32. The van der Waals surface area contributed by atoms with E-state index < -0.39 is 10.1 Å². The maximum Gasteiger partial charge on any atom is 0.358 e. The van der Waals surface area contributed by atoms with Crippen LogP contribution in [0.25, 0.3) is 6.08 Å². The van der Waals surface area contributed by atoms with E-state index in [1.54, 1.807) is 36.4 Å². The molecule has 146 valence electrons. The Labute approximate surface area is 174 Å². The number of fused-ring (bicyclic) bond motifs is 1. The molecule has 1 heterocycles. The summed E-state index contributed by atoms with van der Waals surface area (Å²) in [6.07, 6.45) is 1.70. The van der Waals surface area contributed by atoms with Crippen LogP contribution in [0, 0.1) is 6.92 Å². The minimum Gasteiger partial charge on any atom is -0.454 e. The topological polar surface area (TPSA) is 65.0 Å². The first-order valence-corrected chi connectivity index (χ1v) is 10.5. The van der Waals surface area contributed by atoms with Crippen molar-refractivity contribution in [1.82, 2.24) is 0 Å². The minimum absolute atomic E-state index is 0.0243. The highest BCUT2D eigenvalue weighted by atomic mass is 35.5. The van der Waals surface area contributed by atoms with Crippen LogP contribution in [0.2, 0.25) is 5.02 Å². The molecule has 0 aromatic heterocycles. The van der Waals surface area contributed by atoms with Crippen LogP contribution in [-0.2, 0) is 14.4 Å². The summed E-state index contributed by atoms with van der Waals surface area (Å²) in [6.45, 7) is 1.87. The van der Waals surface area contributed by atoms with E-state index in [2.05, 4.69) is 5.16 Å². The summed E-state index contributed by atoms with van der Waals surface area (Å²) >= 11 is 6.24. The Morgan fingerprint density at radius 1 is 0.966 bits per heavy atom. The van der Waals surface area contributed by atoms with E-state index in [1.807, 2.05) is 37.3 Å². The lowest BCUT2D eigenvalue weighted by molar-refractivity contribution is 0.338. The van der Waals surface area contributed by atoms with Crippen molar-refractivity contribution in [3.8, 4) is 5.75 Å². The van der Waals surface area contributed by atoms with Gasteiger partial charge in [-0.15, -0.1) is 0 Å². The second-order valence-corrected chi connectivity index (χ2v) is 8.35. The summed E-state index contributed by atoms with van der Waals surface area (Å²) in [5.41, 5.74) is 2.56. The molecular weight excluding hydrogens is 410 g/mol. The number of allylic oxidation sites excluding steroid dienone is 1. The Bertz CT molecular complexity index is 1230. The van der Waals surface area contributed by atoms with Crippen molar-refractivity contribution in [2.45, 2.75) is 11.8 Å². The highest BCUT2D eigenvalue weighted by Gasteiger charge is 2.27. The molecular formula is C22H16ClNO4S. The lowest BCUT2D eigenvalue weighted by Crippen LogP contribution is -2.07. The number of nitrogens with zero attached hydrogens (tertiary/aromatic N) is 1. The number of rotatable bonds is 4. The predicted molar refractivity (Wildman–Crippen MR) is 112 cm³/mol. The van der Waals surface area contributed by atoms with Gasteiger partial charge in [0, 0.05) is 5.02 Å². The smallest absolute Gasteiger partial charge is 0.358 e. The second-order valence-electron chi connectivity index (χ2n) is 6.41. The van der Waals surface area contributed by atoms with E-state index in [4.69, 9.17) is 20.6 Å². The molecule has 3 aromatic carbocycles. The number of halogens is 1. The lowest BCUT2D eigenvalue weighted by atomic mass is 10.1. The molecule has 3 aromatic rings. The molecule has 0 bridgehead atoms. The maximum atomic E-state index is 12.5. The van der Waals surface area contributed by atoms with Gasteiger partial charge in [-0.1, -0.05) is 64.8 Å². The van der Waals surface area contributed by atoms with Crippen LogP contribution in [0.3, 0.4) is 0 Å². The molecule has 0 N–H and O–H groups in total. The first-order valence-electron chi connectivity index (χ1n) is 8.76. The Morgan fingerprint density at radius 3 is 2.41 bits per heavy atom. The molecule has 0 atom stereocenters. The van der Waals surface area contributed by atoms with Crippen LogP contribution in [-0.4, -0.2) is 14.1 Å². The summed E-state index contributed by atoms with van der Waals surface area (Å²) in [7, 11) is -4.07. The van der Waals surface area contributed by atoms with E-state index in [9.17, 15) is 8.42 Å². The van der Waals surface area contributed by atoms with Gasteiger partial charge in [0.05, 0.1) is 5.56 Å². The van der Waals surface area contributed by atoms with Crippen LogP contribution >= 0.6 is 11.6 Å². The van der Waals surface area contributed by atoms with Crippen molar-refractivity contribution in [2.75, 3.05) is 0 Å². The van der Waals surface area contributed by atoms with Gasteiger partial charge in [-0.3, -0.25) is 4.28 Å². The standard InChI is InChI=1S/C22H16ClNO4S/c1-15-10-12-17(13-11-15)29(25,26)28-24-22-18-7-3-5-9-20(18)27-21(22)14-16-6-2-4-8-19(16)23/h2-14H,1H3/b21-14+,24-22+. The van der Waals surface area contributed by atoms with Gasteiger partial charge in [-0.05, 0) is 48.9 Å². The average molecular weight is 426 g/mol. The normalized spacial score (nSPS) is 15.9. The molecule has 1 aliphatic rings. The van der Waals surface area contributed by atoms with Crippen LogP contribution in [0.5, 0.6) is 5.75 Å². The van der Waals surface area contributed by atoms with Crippen molar-refractivity contribution < 1.29 is 17.4 Å². The minimum atomic E-state index is -4.07. The van der Waals surface area contributed by atoms with Gasteiger partial charge >= 0.3 is 10.1 Å². The maximum absolute atomic E-state index is 12.5. The molecule has 29 heavy (non-hydrogen) atoms. The zero-order valence-electron chi connectivity index (χ0n) is 15.4. The Hall–Kier alpha value is -3.09. The fraction of sp³-hybridized carbons (Fsp3) is 0.0455. The molecule has 0 saturated carbocycles. The number of oxime groups is 1. The first-order chi connectivity index (χ1) is 13.9. The Kier molecular flexibility index (Phi) is 5.13. The number of ether oxygens (including phenoxy) is 1. The molecule has 7 heteroatoms. The second kappa shape index (κ2) is 7.73. The molecule has 0 fully saturated rings. The predicted octanol–water partition coefficient (Wildman–Crippen LogP) is 5.19. The number of hydrogen-bond acceptors (Lipinski definition) is 5. The van der Waals surface area contributed by atoms with Gasteiger partial charge in [0.15, 0.2) is 11.5 Å². The quantitative estimate of drug-likeness (QED) is 0.539. The van der Waals surface area contributed by atoms with Crippen molar-refractivity contribution in [2.24, 2.45) is 5.16 Å². The van der Waals surface area contributed by atoms with E-state index in [1.165, 1.54) is 12.1 Å². The van der Waals surface area contributed by atoms with Crippen LogP contribution < -0.4 is 4.74 Å². The first kappa shape index (κ1) is 19.2. The highest BCUT2D eigenvalue weighted by molar-refractivity contribution is 7.86. The molecule has 4 rings (SSSR count). The van der Waals surface area contributed by atoms with Gasteiger partial charge in [0.2, 0.25) is 0 Å². The summed E-state index contributed by atoms with van der Waals surface area (Å²) < 4.78 is 35.9. The van der Waals surface area contributed by atoms with Gasteiger partial charge in [-0.25, -0.2) is 0 Å². The zero-order chi connectivity index (χ0) is 20.4. The monoisotopic (exact) mass is 425 g/mol. The van der Waals surface area contributed by atoms with Gasteiger partial charge in [-0.2, -0.15) is 8.42 Å². The Morgan fingerprint density at radius 2 is 1.66 bits per heavy atom. The summed E-state index contributed by atoms with van der Waals surface area (Å²) in [5.74, 6) is 0.902. The molecule has 0 saturated heterocycles. The van der Waals surface area contributed by atoms with Gasteiger partial charge in [0.25, 0.3) is 0 Å². The molecule has 0 aliphatic carbocycles. The lowest BCUT2D eigenvalue weighted by Gasteiger charge is -2.04. The summed E-state index contributed by atoms with van der Waals surface area (Å²) in [5, 5.41) is 4.47. The largest absolute Gasteiger partial charge is 0.454 e. The molecule has 1 aliphatic heterocycles. The van der Waals surface area contributed by atoms with Gasteiger partial charge in [0.1, 0.15) is 10.6 Å². The number of hydrogen-bond donors (Lipinski definition) is 0. The van der Waals surface area contributed by atoms with Crippen LogP contribution in [0.15, 0.2) is 88.6 Å². The molecule has 0 radical (unpaired) electrons. The fourth-order valence-electron chi connectivity index (χ4n) is 2.81. The summed E-state index contributed by atoms with van der Waals surface area (Å²) in [6, 6.07) is 20.8.